The van der Waals surface area contributed by atoms with Gasteiger partial charge >= 0.3 is 0 Å². The van der Waals surface area contributed by atoms with Crippen molar-refractivity contribution in [3.63, 3.8) is 0 Å². The third-order valence-electron chi connectivity index (χ3n) is 3.14. The molecule has 20 heavy (non-hydrogen) atoms. The zero-order valence-electron chi connectivity index (χ0n) is 12.3. The molecule has 2 nitrogen and oxygen atoms in total. The Morgan fingerprint density at radius 3 is 2.40 bits per heavy atom. The number of aliphatic hydroxyl groups is 1. The maximum Gasteiger partial charge on any atom is 0.142 e. The highest BCUT2D eigenvalue weighted by molar-refractivity contribution is 6.35. The predicted octanol–water partition coefficient (Wildman–Crippen LogP) is 4.58. The highest BCUT2D eigenvalue weighted by atomic mass is 35.5. The van der Waals surface area contributed by atoms with Gasteiger partial charge in [-0.2, -0.15) is 0 Å². The summed E-state index contributed by atoms with van der Waals surface area (Å²) in [6.07, 6.45) is 0.690. The van der Waals surface area contributed by atoms with Crippen LogP contribution in [0.2, 0.25) is 10.0 Å². The molecule has 2 N–H and O–H groups in total. The highest BCUT2D eigenvalue weighted by Crippen LogP contribution is 2.29. The molecule has 0 aliphatic carbocycles. The average Bonchev–Trinajstić information content (AvgIpc) is 2.29. The molecule has 114 valence electrons. The first-order valence-electron chi connectivity index (χ1n) is 6.72. The lowest BCUT2D eigenvalue weighted by atomic mass is 9.94. The molecule has 5 heteroatoms. The summed E-state index contributed by atoms with van der Waals surface area (Å²) in [4.78, 5) is 0. The van der Waals surface area contributed by atoms with Crippen LogP contribution in [0.15, 0.2) is 12.1 Å². The molecular formula is C15H22Cl2FNO. The SMILES string of the molecule is CC(C)CC(C)(O)CNC(C)c1cc(F)c(Cl)cc1Cl. The van der Waals surface area contributed by atoms with Gasteiger partial charge in [0.2, 0.25) is 0 Å². The molecule has 0 spiro atoms. The molecule has 0 saturated carbocycles. The second kappa shape index (κ2) is 7.08. The van der Waals surface area contributed by atoms with Gasteiger partial charge in [-0.15, -0.1) is 0 Å². The Balaban J connectivity index is 2.72. The Bertz CT molecular complexity index is 463. The van der Waals surface area contributed by atoms with E-state index in [2.05, 4.69) is 19.2 Å². The molecule has 2 atom stereocenters. The Morgan fingerprint density at radius 1 is 1.25 bits per heavy atom. The zero-order chi connectivity index (χ0) is 15.5. The van der Waals surface area contributed by atoms with Crippen LogP contribution in [0.3, 0.4) is 0 Å². The largest absolute Gasteiger partial charge is 0.389 e. The van der Waals surface area contributed by atoms with Crippen molar-refractivity contribution in [3.05, 3.63) is 33.6 Å². The van der Waals surface area contributed by atoms with Crippen molar-refractivity contribution in [3.8, 4) is 0 Å². The van der Waals surface area contributed by atoms with Crippen molar-refractivity contribution >= 4 is 23.2 Å². The monoisotopic (exact) mass is 321 g/mol. The van der Waals surface area contributed by atoms with Gasteiger partial charge in [0.25, 0.3) is 0 Å². The maximum atomic E-state index is 13.5. The number of halogens is 3. The second-order valence-electron chi connectivity index (χ2n) is 5.99. The van der Waals surface area contributed by atoms with E-state index in [1.165, 1.54) is 12.1 Å². The van der Waals surface area contributed by atoms with Crippen LogP contribution < -0.4 is 5.32 Å². The first kappa shape index (κ1) is 17.7. The third-order valence-corrected chi connectivity index (χ3v) is 3.76. The van der Waals surface area contributed by atoms with Crippen molar-refractivity contribution in [2.24, 2.45) is 5.92 Å². The minimum absolute atomic E-state index is 0.0118. The predicted molar refractivity (Wildman–Crippen MR) is 82.9 cm³/mol. The smallest absolute Gasteiger partial charge is 0.142 e. The fraction of sp³-hybridized carbons (Fsp3) is 0.600. The molecule has 1 aromatic rings. The fourth-order valence-electron chi connectivity index (χ4n) is 2.30. The van der Waals surface area contributed by atoms with E-state index in [0.29, 0.717) is 29.5 Å². The van der Waals surface area contributed by atoms with Crippen LogP contribution in [0.1, 0.15) is 45.7 Å². The summed E-state index contributed by atoms with van der Waals surface area (Å²) in [5.74, 6) is -0.0904. The Hall–Kier alpha value is -0.350. The Kier molecular flexibility index (Phi) is 6.26. The Labute approximate surface area is 130 Å². The quantitative estimate of drug-likeness (QED) is 0.751. The van der Waals surface area contributed by atoms with E-state index in [1.54, 1.807) is 6.92 Å². The molecular weight excluding hydrogens is 300 g/mol. The van der Waals surface area contributed by atoms with E-state index in [9.17, 15) is 9.50 Å². The molecule has 2 unspecified atom stereocenters. The summed E-state index contributed by atoms with van der Waals surface area (Å²) in [5, 5.41) is 13.9. The van der Waals surface area contributed by atoms with Gasteiger partial charge < -0.3 is 10.4 Å². The molecule has 0 aliphatic heterocycles. The molecule has 1 aromatic carbocycles. The lowest BCUT2D eigenvalue weighted by molar-refractivity contribution is 0.0363. The fourth-order valence-corrected chi connectivity index (χ4v) is 2.85. The number of rotatable bonds is 6. The number of hydrogen-bond donors (Lipinski definition) is 2. The summed E-state index contributed by atoms with van der Waals surface area (Å²) in [5.41, 5.74) is -0.172. The summed E-state index contributed by atoms with van der Waals surface area (Å²) in [6, 6.07) is 2.56. The molecule has 0 fully saturated rings. The molecule has 0 heterocycles. The van der Waals surface area contributed by atoms with Gasteiger partial charge in [-0.05, 0) is 43.9 Å². The van der Waals surface area contributed by atoms with Gasteiger partial charge in [0.05, 0.1) is 10.6 Å². The van der Waals surface area contributed by atoms with Gasteiger partial charge in [-0.25, -0.2) is 4.39 Å². The first-order valence-corrected chi connectivity index (χ1v) is 7.48. The van der Waals surface area contributed by atoms with Crippen molar-refractivity contribution in [1.82, 2.24) is 5.32 Å². The summed E-state index contributed by atoms with van der Waals surface area (Å²) in [6.45, 7) is 8.19. The second-order valence-corrected chi connectivity index (χ2v) is 6.80. The lowest BCUT2D eigenvalue weighted by Gasteiger charge is -2.28. The van der Waals surface area contributed by atoms with Gasteiger partial charge in [-0.1, -0.05) is 37.0 Å². The molecule has 0 bridgehead atoms. The molecule has 0 amide bonds. The topological polar surface area (TPSA) is 32.3 Å². The van der Waals surface area contributed by atoms with Gasteiger partial charge in [0.1, 0.15) is 5.82 Å². The number of hydrogen-bond acceptors (Lipinski definition) is 2. The zero-order valence-corrected chi connectivity index (χ0v) is 13.8. The number of benzene rings is 1. The van der Waals surface area contributed by atoms with E-state index >= 15 is 0 Å². The van der Waals surface area contributed by atoms with E-state index in [4.69, 9.17) is 23.2 Å². The van der Waals surface area contributed by atoms with E-state index < -0.39 is 11.4 Å². The Morgan fingerprint density at radius 2 is 1.85 bits per heavy atom. The van der Waals surface area contributed by atoms with Crippen LogP contribution >= 0.6 is 23.2 Å². The third kappa shape index (κ3) is 5.21. The molecule has 0 saturated heterocycles. The van der Waals surface area contributed by atoms with Crippen LogP contribution in [-0.4, -0.2) is 17.3 Å². The summed E-state index contributed by atoms with van der Waals surface area (Å²) < 4.78 is 13.5. The minimum Gasteiger partial charge on any atom is -0.389 e. The van der Waals surface area contributed by atoms with Crippen LogP contribution in [0.25, 0.3) is 0 Å². The molecule has 0 radical (unpaired) electrons. The molecule has 0 aromatic heterocycles. The van der Waals surface area contributed by atoms with Crippen molar-refractivity contribution < 1.29 is 9.50 Å². The standard InChI is InChI=1S/C15H22Cl2FNO/c1-9(2)7-15(4,20)8-19-10(3)11-5-14(18)13(17)6-12(11)16/h5-6,9-10,19-20H,7-8H2,1-4H3. The minimum atomic E-state index is -0.806. The molecule has 0 aliphatic rings. The van der Waals surface area contributed by atoms with Crippen LogP contribution in [0, 0.1) is 11.7 Å². The van der Waals surface area contributed by atoms with Crippen LogP contribution in [-0.2, 0) is 0 Å². The first-order chi connectivity index (χ1) is 9.12. The van der Waals surface area contributed by atoms with Gasteiger partial charge in [0.15, 0.2) is 0 Å². The highest BCUT2D eigenvalue weighted by Gasteiger charge is 2.23. The normalized spacial score (nSPS) is 16.2. The summed E-state index contributed by atoms with van der Waals surface area (Å²) >= 11 is 11.8. The average molecular weight is 322 g/mol. The van der Waals surface area contributed by atoms with Gasteiger partial charge in [-0.3, -0.25) is 0 Å². The maximum absolute atomic E-state index is 13.5. The van der Waals surface area contributed by atoms with Gasteiger partial charge in [0, 0.05) is 17.6 Å². The van der Waals surface area contributed by atoms with Crippen molar-refractivity contribution in [2.45, 2.75) is 45.8 Å². The van der Waals surface area contributed by atoms with Crippen LogP contribution in [0.5, 0.6) is 0 Å². The molecule has 1 rings (SSSR count). The van der Waals surface area contributed by atoms with E-state index in [1.807, 2.05) is 6.92 Å². The van der Waals surface area contributed by atoms with Crippen molar-refractivity contribution in [2.75, 3.05) is 6.54 Å². The van der Waals surface area contributed by atoms with Crippen LogP contribution in [0.4, 0.5) is 4.39 Å². The van der Waals surface area contributed by atoms with E-state index in [0.717, 1.165) is 0 Å². The lowest BCUT2D eigenvalue weighted by Crippen LogP contribution is -2.40. The van der Waals surface area contributed by atoms with Crippen molar-refractivity contribution in [1.29, 1.82) is 0 Å². The number of nitrogens with one attached hydrogen (secondary N) is 1. The summed E-state index contributed by atoms with van der Waals surface area (Å²) in [7, 11) is 0. The van der Waals surface area contributed by atoms with E-state index in [-0.39, 0.29) is 11.1 Å².